The van der Waals surface area contributed by atoms with Crippen molar-refractivity contribution in [1.82, 2.24) is 20.5 Å². The lowest BCUT2D eigenvalue weighted by Gasteiger charge is -2.26. The molecule has 1 aromatic carbocycles. The molecule has 194 valence electrons. The van der Waals surface area contributed by atoms with Gasteiger partial charge >= 0.3 is 0 Å². The second-order valence-corrected chi connectivity index (χ2v) is 9.79. The number of hydrogen-bond acceptors (Lipinski definition) is 6. The Labute approximate surface area is 212 Å². The highest BCUT2D eigenvalue weighted by atomic mass is 19.3. The minimum Gasteiger partial charge on any atom is -0.368 e. The fourth-order valence-electron chi connectivity index (χ4n) is 4.87. The second-order valence-electron chi connectivity index (χ2n) is 9.79. The number of dihydropyridines is 1. The lowest BCUT2D eigenvalue weighted by molar-refractivity contribution is -0.133. The maximum absolute atomic E-state index is 13.4. The van der Waals surface area contributed by atoms with Crippen LogP contribution in [-0.4, -0.2) is 53.7 Å². The Balaban J connectivity index is 1.53. The van der Waals surface area contributed by atoms with Crippen molar-refractivity contribution in [2.24, 2.45) is 17.7 Å². The Morgan fingerprint density at radius 2 is 1.86 bits per heavy atom. The number of aromatic amines is 1. The number of amides is 2. The first-order chi connectivity index (χ1) is 17.6. The van der Waals surface area contributed by atoms with Gasteiger partial charge < -0.3 is 20.5 Å². The van der Waals surface area contributed by atoms with Crippen LogP contribution in [-0.2, 0) is 16.0 Å². The standard InChI is InChI=1S/C26H28F2N6O3/c1-33(2)25(37)15-10-18-21(19(35)11-15)23(34(29)16-6-4-3-5-7-16)22(31-18)14-8-9-30-20(12-14)32-24(36)17-13-26(17,27)28/h3-9,12,15,17,20,30-31H,10-11,13,29H2,1-2H3,(H,32,36). The molecular weight excluding hydrogens is 482 g/mol. The number of ketones is 1. The number of H-pyrrole nitrogens is 1. The van der Waals surface area contributed by atoms with Crippen LogP contribution in [0.1, 0.15) is 34.6 Å². The van der Waals surface area contributed by atoms with Crippen LogP contribution in [0.4, 0.5) is 20.2 Å². The number of rotatable bonds is 6. The zero-order chi connectivity index (χ0) is 26.5. The Morgan fingerprint density at radius 1 is 1.16 bits per heavy atom. The molecule has 2 aliphatic carbocycles. The van der Waals surface area contributed by atoms with E-state index in [1.54, 1.807) is 44.6 Å². The molecule has 2 aromatic rings. The molecule has 3 aliphatic rings. The lowest BCUT2D eigenvalue weighted by Crippen LogP contribution is -2.44. The number of allylic oxidation sites excluding steroid dienone is 2. The van der Waals surface area contributed by atoms with E-state index in [0.29, 0.717) is 40.3 Å². The third-order valence-electron chi connectivity index (χ3n) is 6.89. The highest BCUT2D eigenvalue weighted by molar-refractivity contribution is 6.08. The molecule has 3 unspecified atom stereocenters. The molecule has 2 heterocycles. The summed E-state index contributed by atoms with van der Waals surface area (Å²) in [6, 6.07) is 9.11. The number of nitrogens with one attached hydrogen (secondary N) is 3. The average Bonchev–Trinajstić information content (AvgIpc) is 3.34. The number of aromatic nitrogens is 1. The predicted molar refractivity (Wildman–Crippen MR) is 134 cm³/mol. The number of anilines is 2. The minimum absolute atomic E-state index is 0.0572. The van der Waals surface area contributed by atoms with Gasteiger partial charge in [0.15, 0.2) is 5.78 Å². The largest absolute Gasteiger partial charge is 0.368 e. The van der Waals surface area contributed by atoms with Crippen LogP contribution in [0.5, 0.6) is 0 Å². The molecule has 11 heteroatoms. The van der Waals surface area contributed by atoms with Crippen molar-refractivity contribution in [2.45, 2.75) is 31.4 Å². The number of Topliss-reactive ketones (excluding diaryl/α,β-unsaturated/α-hetero) is 1. The van der Waals surface area contributed by atoms with E-state index in [-0.39, 0.29) is 18.1 Å². The van der Waals surface area contributed by atoms with Gasteiger partial charge in [-0.05, 0) is 30.5 Å². The lowest BCUT2D eigenvalue weighted by atomic mass is 9.85. The molecule has 37 heavy (non-hydrogen) atoms. The summed E-state index contributed by atoms with van der Waals surface area (Å²) in [5.41, 5.74) is 3.22. The van der Waals surface area contributed by atoms with Gasteiger partial charge in [0.25, 0.3) is 5.92 Å². The van der Waals surface area contributed by atoms with E-state index in [4.69, 9.17) is 5.84 Å². The number of nitrogens with zero attached hydrogens (tertiary/aromatic N) is 2. The van der Waals surface area contributed by atoms with E-state index in [1.807, 2.05) is 18.2 Å². The summed E-state index contributed by atoms with van der Waals surface area (Å²) in [4.78, 5) is 43.1. The maximum Gasteiger partial charge on any atom is 0.260 e. The Morgan fingerprint density at radius 3 is 2.51 bits per heavy atom. The van der Waals surface area contributed by atoms with Crippen LogP contribution in [0.2, 0.25) is 0 Å². The van der Waals surface area contributed by atoms with E-state index < -0.39 is 36.3 Å². The number of nitrogens with two attached hydrogens (primary N) is 1. The van der Waals surface area contributed by atoms with E-state index in [9.17, 15) is 23.2 Å². The molecule has 0 bridgehead atoms. The molecule has 0 radical (unpaired) electrons. The fourth-order valence-corrected chi connectivity index (χ4v) is 4.87. The number of hydrogen-bond donors (Lipinski definition) is 4. The van der Waals surface area contributed by atoms with Gasteiger partial charge in [-0.15, -0.1) is 0 Å². The monoisotopic (exact) mass is 510 g/mol. The van der Waals surface area contributed by atoms with Crippen molar-refractivity contribution in [2.75, 3.05) is 19.1 Å². The number of carbonyl (C=O) groups excluding carboxylic acids is 3. The van der Waals surface area contributed by atoms with Crippen molar-refractivity contribution in [1.29, 1.82) is 0 Å². The van der Waals surface area contributed by atoms with Gasteiger partial charge in [-0.1, -0.05) is 18.2 Å². The van der Waals surface area contributed by atoms with Gasteiger partial charge in [0.05, 0.1) is 28.6 Å². The van der Waals surface area contributed by atoms with E-state index in [0.717, 1.165) is 0 Å². The number of para-hydroxylation sites is 1. The molecule has 2 amide bonds. The van der Waals surface area contributed by atoms with Crippen molar-refractivity contribution in [3.8, 4) is 0 Å². The molecule has 0 spiro atoms. The summed E-state index contributed by atoms with van der Waals surface area (Å²) in [6.07, 6.45) is 4.20. The zero-order valence-corrected chi connectivity index (χ0v) is 20.4. The van der Waals surface area contributed by atoms with Crippen LogP contribution in [0.15, 0.2) is 48.7 Å². The van der Waals surface area contributed by atoms with Crippen molar-refractivity contribution >= 4 is 34.5 Å². The van der Waals surface area contributed by atoms with Gasteiger partial charge in [-0.3, -0.25) is 19.4 Å². The topological polar surface area (TPSA) is 124 Å². The van der Waals surface area contributed by atoms with Gasteiger partial charge in [0.2, 0.25) is 11.8 Å². The summed E-state index contributed by atoms with van der Waals surface area (Å²) >= 11 is 0. The van der Waals surface area contributed by atoms with E-state index in [2.05, 4.69) is 15.6 Å². The normalized spacial score (nSPS) is 23.4. The predicted octanol–water partition coefficient (Wildman–Crippen LogP) is 2.46. The Hall–Kier alpha value is -3.99. The van der Waals surface area contributed by atoms with Crippen LogP contribution in [0.3, 0.4) is 0 Å². The molecule has 0 saturated heterocycles. The number of carbonyl (C=O) groups is 3. The van der Waals surface area contributed by atoms with Gasteiger partial charge in [-0.2, -0.15) is 0 Å². The summed E-state index contributed by atoms with van der Waals surface area (Å²) in [6.45, 7) is 0. The minimum atomic E-state index is -2.97. The van der Waals surface area contributed by atoms with Gasteiger partial charge in [-0.25, -0.2) is 14.6 Å². The third kappa shape index (κ3) is 4.62. The maximum atomic E-state index is 13.4. The smallest absolute Gasteiger partial charge is 0.260 e. The van der Waals surface area contributed by atoms with E-state index >= 15 is 0 Å². The van der Waals surface area contributed by atoms with Crippen molar-refractivity contribution < 1.29 is 23.2 Å². The number of benzene rings is 1. The van der Waals surface area contributed by atoms with Crippen LogP contribution in [0.25, 0.3) is 5.57 Å². The Kier molecular flexibility index (Phi) is 6.10. The molecule has 1 aliphatic heterocycles. The molecule has 3 atom stereocenters. The molecule has 1 saturated carbocycles. The molecule has 1 fully saturated rings. The zero-order valence-electron chi connectivity index (χ0n) is 20.4. The van der Waals surface area contributed by atoms with Crippen LogP contribution >= 0.6 is 0 Å². The van der Waals surface area contributed by atoms with Crippen molar-refractivity contribution in [3.63, 3.8) is 0 Å². The molecule has 5 N–H and O–H groups in total. The highest BCUT2D eigenvalue weighted by Crippen LogP contribution is 2.48. The van der Waals surface area contributed by atoms with Crippen molar-refractivity contribution in [3.05, 3.63) is 65.6 Å². The SMILES string of the molecule is CN(C)C(=O)C1CC(=O)c2c([nH]c(C3=CC(NC(=O)C4CC4(F)F)NC=C3)c2N(N)c2ccccc2)C1. The first kappa shape index (κ1) is 24.7. The molecular formula is C26H28F2N6O3. The Bertz CT molecular complexity index is 1320. The summed E-state index contributed by atoms with van der Waals surface area (Å²) < 4.78 is 26.7. The molecule has 5 rings (SSSR count). The number of hydrazine groups is 1. The second kappa shape index (κ2) is 9.15. The number of alkyl halides is 2. The number of fused-ring (bicyclic) bond motifs is 1. The number of halogens is 2. The molecule has 1 aromatic heterocycles. The van der Waals surface area contributed by atoms with Crippen LogP contribution < -0.4 is 21.5 Å². The summed E-state index contributed by atoms with van der Waals surface area (Å²) in [5.74, 6) is 0.692. The third-order valence-corrected chi connectivity index (χ3v) is 6.89. The summed E-state index contributed by atoms with van der Waals surface area (Å²) in [5, 5.41) is 6.95. The van der Waals surface area contributed by atoms with E-state index in [1.165, 1.54) is 9.91 Å². The summed E-state index contributed by atoms with van der Waals surface area (Å²) in [7, 11) is 3.31. The first-order valence-electron chi connectivity index (χ1n) is 12.0. The first-order valence-corrected chi connectivity index (χ1v) is 12.0. The fraction of sp³-hybridized carbons (Fsp3) is 0.346. The van der Waals surface area contributed by atoms with Crippen LogP contribution in [0, 0.1) is 11.8 Å². The quantitative estimate of drug-likeness (QED) is 0.350. The average molecular weight is 511 g/mol. The molecule has 9 nitrogen and oxygen atoms in total. The van der Waals surface area contributed by atoms with Gasteiger partial charge in [0.1, 0.15) is 12.1 Å². The van der Waals surface area contributed by atoms with Gasteiger partial charge in [0, 0.05) is 44.6 Å². The highest BCUT2D eigenvalue weighted by Gasteiger charge is 2.61.